The molecular weight excluding hydrogens is 262 g/mol. The Labute approximate surface area is 125 Å². The zero-order valence-corrected chi connectivity index (χ0v) is 12.2. The van der Waals surface area contributed by atoms with E-state index in [1.807, 2.05) is 18.7 Å². The number of hydrogen-bond acceptors (Lipinski definition) is 4. The first-order valence-electron chi connectivity index (χ1n) is 7.63. The summed E-state index contributed by atoms with van der Waals surface area (Å²) in [5.41, 5.74) is 8.02. The molecule has 1 aliphatic rings. The average Bonchev–Trinajstić information content (AvgIpc) is 3.19. The van der Waals surface area contributed by atoms with Crippen molar-refractivity contribution in [1.82, 2.24) is 25.7 Å². The molecule has 0 amide bonds. The minimum atomic E-state index is 0.396. The van der Waals surface area contributed by atoms with Gasteiger partial charge in [0.15, 0.2) is 0 Å². The van der Waals surface area contributed by atoms with Crippen molar-refractivity contribution in [1.29, 1.82) is 0 Å². The minimum Gasteiger partial charge on any atom is -0.337 e. The van der Waals surface area contributed by atoms with E-state index in [0.29, 0.717) is 12.0 Å². The van der Waals surface area contributed by atoms with Crippen LogP contribution in [0, 0.1) is 5.92 Å². The van der Waals surface area contributed by atoms with Crippen LogP contribution in [-0.2, 0) is 6.54 Å². The second kappa shape index (κ2) is 7.36. The van der Waals surface area contributed by atoms with Crippen LogP contribution in [0.5, 0.6) is 0 Å². The quantitative estimate of drug-likeness (QED) is 0.672. The van der Waals surface area contributed by atoms with E-state index in [-0.39, 0.29) is 0 Å². The Balaban J connectivity index is 1.40. The highest BCUT2D eigenvalue weighted by molar-refractivity contribution is 5.20. The maximum absolute atomic E-state index is 4.05. The normalized spacial score (nSPS) is 21.7. The Morgan fingerprint density at radius 1 is 1.29 bits per heavy atom. The van der Waals surface area contributed by atoms with Crippen LogP contribution in [0.25, 0.3) is 0 Å². The molecule has 5 nitrogen and oxygen atoms in total. The van der Waals surface area contributed by atoms with Gasteiger partial charge in [0.1, 0.15) is 0 Å². The highest BCUT2D eigenvalue weighted by atomic mass is 15.4. The van der Waals surface area contributed by atoms with E-state index in [9.17, 15) is 0 Å². The summed E-state index contributed by atoms with van der Waals surface area (Å²) in [4.78, 5) is 4.05. The van der Waals surface area contributed by atoms with E-state index in [2.05, 4.69) is 56.1 Å². The monoisotopic (exact) mass is 285 g/mol. The topological polar surface area (TPSA) is 53.9 Å². The number of hydrogen-bond donors (Lipinski definition) is 3. The fourth-order valence-corrected chi connectivity index (χ4v) is 2.83. The molecule has 2 aromatic rings. The molecule has 2 unspecified atom stereocenters. The number of nitrogens with zero attached hydrogens (tertiary/aromatic N) is 2. The smallest absolute Gasteiger partial charge is 0.0945 e. The van der Waals surface area contributed by atoms with Gasteiger partial charge in [-0.25, -0.2) is 10.4 Å². The maximum atomic E-state index is 4.05. The van der Waals surface area contributed by atoms with Crippen molar-refractivity contribution in [2.45, 2.75) is 19.0 Å². The van der Waals surface area contributed by atoms with Crippen LogP contribution >= 0.6 is 0 Å². The van der Waals surface area contributed by atoms with Crippen LogP contribution in [-0.4, -0.2) is 29.2 Å². The van der Waals surface area contributed by atoms with E-state index >= 15 is 0 Å². The zero-order chi connectivity index (χ0) is 14.3. The molecular formula is C16H23N5. The van der Waals surface area contributed by atoms with Crippen LogP contribution in [0.15, 0.2) is 49.1 Å². The molecule has 21 heavy (non-hydrogen) atoms. The number of benzene rings is 1. The molecule has 112 valence electrons. The van der Waals surface area contributed by atoms with Gasteiger partial charge < -0.3 is 9.88 Å². The Bertz CT molecular complexity index is 511. The van der Waals surface area contributed by atoms with E-state index < -0.39 is 0 Å². The molecule has 3 N–H and O–H groups in total. The fraction of sp³-hybridized carbons (Fsp3) is 0.438. The standard InChI is InChI=1S/C16H23N5/c1-2-5-14(6-3-1)16-15(12-19-20-16)11-17-7-4-9-21-10-8-18-13-21/h1-3,5-6,8,10,13,15-17,19-20H,4,7,9,11-12H2. The molecule has 2 heterocycles. The Morgan fingerprint density at radius 3 is 3.00 bits per heavy atom. The predicted octanol–water partition coefficient (Wildman–Crippen LogP) is 1.33. The van der Waals surface area contributed by atoms with Crippen LogP contribution in [0.3, 0.4) is 0 Å². The highest BCUT2D eigenvalue weighted by Gasteiger charge is 2.27. The molecule has 0 spiro atoms. The molecule has 3 rings (SSSR count). The van der Waals surface area contributed by atoms with Gasteiger partial charge in [0.25, 0.3) is 0 Å². The van der Waals surface area contributed by atoms with Crippen LogP contribution in [0.2, 0.25) is 0 Å². The third-order valence-electron chi connectivity index (χ3n) is 3.99. The summed E-state index contributed by atoms with van der Waals surface area (Å²) in [6.45, 7) is 4.10. The summed E-state index contributed by atoms with van der Waals surface area (Å²) in [5, 5.41) is 3.58. The van der Waals surface area contributed by atoms with Gasteiger partial charge in [0, 0.05) is 37.9 Å². The van der Waals surface area contributed by atoms with Gasteiger partial charge in [-0.15, -0.1) is 0 Å². The summed E-state index contributed by atoms with van der Waals surface area (Å²) < 4.78 is 2.12. The van der Waals surface area contributed by atoms with Gasteiger partial charge in [-0.2, -0.15) is 0 Å². The van der Waals surface area contributed by atoms with E-state index in [4.69, 9.17) is 0 Å². The summed E-state index contributed by atoms with van der Waals surface area (Å²) >= 11 is 0. The predicted molar refractivity (Wildman–Crippen MR) is 83.5 cm³/mol. The van der Waals surface area contributed by atoms with Gasteiger partial charge in [0.05, 0.1) is 12.4 Å². The zero-order valence-electron chi connectivity index (χ0n) is 12.2. The average molecular weight is 285 g/mol. The number of aromatic nitrogens is 2. The molecule has 5 heteroatoms. The van der Waals surface area contributed by atoms with E-state index in [1.165, 1.54) is 5.56 Å². The second-order valence-electron chi connectivity index (χ2n) is 5.53. The SMILES string of the molecule is c1ccc(C2NNCC2CNCCCn2ccnc2)cc1. The molecule has 1 aromatic carbocycles. The van der Waals surface area contributed by atoms with Crippen molar-refractivity contribution >= 4 is 0 Å². The van der Waals surface area contributed by atoms with Gasteiger partial charge >= 0.3 is 0 Å². The lowest BCUT2D eigenvalue weighted by Crippen LogP contribution is -2.29. The van der Waals surface area contributed by atoms with Crippen molar-refractivity contribution in [3.63, 3.8) is 0 Å². The van der Waals surface area contributed by atoms with Gasteiger partial charge in [-0.3, -0.25) is 5.43 Å². The summed E-state index contributed by atoms with van der Waals surface area (Å²) in [6.07, 6.45) is 6.83. The summed E-state index contributed by atoms with van der Waals surface area (Å²) in [6, 6.07) is 11.0. The molecule has 0 saturated carbocycles. The number of rotatable bonds is 7. The van der Waals surface area contributed by atoms with Crippen molar-refractivity contribution in [2.24, 2.45) is 5.92 Å². The maximum Gasteiger partial charge on any atom is 0.0945 e. The van der Waals surface area contributed by atoms with Crippen molar-refractivity contribution in [3.05, 3.63) is 54.6 Å². The van der Waals surface area contributed by atoms with Crippen LogP contribution in [0.4, 0.5) is 0 Å². The molecule has 1 fully saturated rings. The largest absolute Gasteiger partial charge is 0.337 e. The molecule has 1 aromatic heterocycles. The van der Waals surface area contributed by atoms with E-state index in [1.54, 1.807) is 0 Å². The Morgan fingerprint density at radius 2 is 2.19 bits per heavy atom. The first kappa shape index (κ1) is 14.3. The molecule has 1 saturated heterocycles. The molecule has 0 aliphatic carbocycles. The van der Waals surface area contributed by atoms with Gasteiger partial charge in [0.2, 0.25) is 0 Å². The molecule has 1 aliphatic heterocycles. The number of aryl methyl sites for hydroxylation is 1. The lowest BCUT2D eigenvalue weighted by Gasteiger charge is -2.19. The van der Waals surface area contributed by atoms with Crippen LogP contribution in [0.1, 0.15) is 18.0 Å². The highest BCUT2D eigenvalue weighted by Crippen LogP contribution is 2.23. The first-order valence-corrected chi connectivity index (χ1v) is 7.63. The Kier molecular flexibility index (Phi) is 4.99. The van der Waals surface area contributed by atoms with Crippen molar-refractivity contribution in [2.75, 3.05) is 19.6 Å². The minimum absolute atomic E-state index is 0.396. The van der Waals surface area contributed by atoms with Crippen LogP contribution < -0.4 is 16.2 Å². The number of nitrogens with one attached hydrogen (secondary N) is 3. The fourth-order valence-electron chi connectivity index (χ4n) is 2.83. The Hall–Kier alpha value is -1.69. The van der Waals surface area contributed by atoms with Gasteiger partial charge in [-0.1, -0.05) is 30.3 Å². The van der Waals surface area contributed by atoms with Gasteiger partial charge in [-0.05, 0) is 18.5 Å². The third-order valence-corrected chi connectivity index (χ3v) is 3.99. The molecule has 0 bridgehead atoms. The lowest BCUT2D eigenvalue weighted by molar-refractivity contribution is 0.436. The summed E-state index contributed by atoms with van der Waals surface area (Å²) in [7, 11) is 0. The third kappa shape index (κ3) is 3.91. The number of hydrazine groups is 1. The summed E-state index contributed by atoms with van der Waals surface area (Å²) in [5.74, 6) is 0.584. The second-order valence-corrected chi connectivity index (χ2v) is 5.53. The van der Waals surface area contributed by atoms with E-state index in [0.717, 1.165) is 32.6 Å². The van der Waals surface area contributed by atoms with Crippen molar-refractivity contribution < 1.29 is 0 Å². The number of imidazole rings is 1. The lowest BCUT2D eigenvalue weighted by atomic mass is 9.95. The molecule has 2 atom stereocenters. The molecule has 0 radical (unpaired) electrons. The van der Waals surface area contributed by atoms with Crippen molar-refractivity contribution in [3.8, 4) is 0 Å². The first-order chi connectivity index (χ1) is 10.4.